The van der Waals surface area contributed by atoms with E-state index in [4.69, 9.17) is 21.3 Å². The highest BCUT2D eigenvalue weighted by Crippen LogP contribution is 2.42. The van der Waals surface area contributed by atoms with E-state index in [0.29, 0.717) is 27.2 Å². The van der Waals surface area contributed by atoms with Gasteiger partial charge in [0.25, 0.3) is 0 Å². The maximum Gasteiger partial charge on any atom is 0.408 e. The van der Waals surface area contributed by atoms with Crippen LogP contribution in [0.5, 0.6) is 0 Å². The lowest BCUT2D eigenvalue weighted by Gasteiger charge is -2.43. The quantitative estimate of drug-likeness (QED) is 0.239. The first-order valence-corrected chi connectivity index (χ1v) is 14.7. The van der Waals surface area contributed by atoms with Crippen molar-refractivity contribution in [2.24, 2.45) is 4.99 Å². The van der Waals surface area contributed by atoms with E-state index in [-0.39, 0.29) is 0 Å². The average Bonchev–Trinajstić information content (AvgIpc) is 3.26. The van der Waals surface area contributed by atoms with E-state index in [1.807, 2.05) is 75.4 Å². The fourth-order valence-corrected chi connectivity index (χ4v) is 6.12. The molecule has 8 nitrogen and oxygen atoms in total. The van der Waals surface area contributed by atoms with E-state index < -0.39 is 17.2 Å². The molecule has 2 aromatic carbocycles. The van der Waals surface area contributed by atoms with E-state index in [1.54, 1.807) is 6.20 Å². The summed E-state index contributed by atoms with van der Waals surface area (Å²) in [7, 11) is 2.67. The van der Waals surface area contributed by atoms with Gasteiger partial charge < -0.3 is 15.4 Å². The van der Waals surface area contributed by atoms with Crippen LogP contribution in [0, 0.1) is 0 Å². The maximum absolute atomic E-state index is 12.5. The van der Waals surface area contributed by atoms with Crippen molar-refractivity contribution in [2.75, 3.05) is 5.32 Å². The minimum atomic E-state index is -0.550. The van der Waals surface area contributed by atoms with E-state index in [9.17, 15) is 4.79 Å². The molecule has 1 amide bonds. The molecule has 0 saturated heterocycles. The minimum Gasteiger partial charge on any atom is -0.444 e. The molecule has 0 aliphatic heterocycles. The molecule has 1 aliphatic carbocycles. The summed E-state index contributed by atoms with van der Waals surface area (Å²) in [4.78, 5) is 26.5. The summed E-state index contributed by atoms with van der Waals surface area (Å²) >= 11 is 6.20. The van der Waals surface area contributed by atoms with Gasteiger partial charge in [-0.1, -0.05) is 54.1 Å². The average molecular weight is 567 g/mol. The zero-order valence-corrected chi connectivity index (χ0v) is 23.6. The second kappa shape index (κ2) is 10.8. The number of amides is 1. The summed E-state index contributed by atoms with van der Waals surface area (Å²) in [5.74, 6) is 1.13. The molecule has 0 atom stereocenters. The molecule has 2 heterocycles. The van der Waals surface area contributed by atoms with Gasteiger partial charge in [0.1, 0.15) is 11.3 Å². The summed E-state index contributed by atoms with van der Waals surface area (Å²) in [6.45, 7) is 5.59. The molecule has 1 aliphatic rings. The monoisotopic (exact) mass is 566 g/mol. The SMILES string of the molecule is CC(C)(C)OC(=O)NC1(c2ccc(Nc3nc(-c4ccccc4)ncc3N=c3ssnc3Cl)cc2)CCC1. The highest BCUT2D eigenvalue weighted by atomic mass is 35.5. The number of carbonyl (C=O) groups is 1. The molecule has 0 bridgehead atoms. The van der Waals surface area contributed by atoms with Crippen molar-refractivity contribution in [2.45, 2.75) is 51.2 Å². The zero-order chi connectivity index (χ0) is 26.8. The summed E-state index contributed by atoms with van der Waals surface area (Å²) in [6, 6.07) is 17.8. The fourth-order valence-electron chi connectivity index (χ4n) is 4.13. The Morgan fingerprint density at radius 1 is 1.11 bits per heavy atom. The fraction of sp³-hybridized carbons (Fsp3) is 0.296. The van der Waals surface area contributed by atoms with Crippen LogP contribution in [0.15, 0.2) is 65.8 Å². The van der Waals surface area contributed by atoms with Gasteiger partial charge in [-0.2, -0.15) is 4.37 Å². The van der Waals surface area contributed by atoms with E-state index in [1.165, 1.54) is 20.9 Å². The van der Waals surface area contributed by atoms with Gasteiger partial charge in [0.05, 0.1) is 11.7 Å². The first-order chi connectivity index (χ1) is 18.2. The van der Waals surface area contributed by atoms with Gasteiger partial charge in [-0.25, -0.2) is 19.8 Å². The van der Waals surface area contributed by atoms with Crippen molar-refractivity contribution in [3.8, 4) is 11.4 Å². The number of rotatable bonds is 6. The van der Waals surface area contributed by atoms with E-state index >= 15 is 0 Å². The second-order valence-corrected chi connectivity index (χ2v) is 12.2. The van der Waals surface area contributed by atoms with Crippen molar-refractivity contribution in [3.05, 3.63) is 76.2 Å². The number of hydrogen-bond acceptors (Lipinski definition) is 9. The van der Waals surface area contributed by atoms with Crippen LogP contribution < -0.4 is 15.3 Å². The normalized spacial score (nSPS) is 15.0. The summed E-state index contributed by atoms with van der Waals surface area (Å²) < 4.78 is 10.2. The third-order valence-corrected chi connectivity index (χ3v) is 8.25. The molecule has 0 unspecified atom stereocenters. The van der Waals surface area contributed by atoms with Crippen LogP contribution in [0.2, 0.25) is 5.15 Å². The predicted molar refractivity (Wildman–Crippen MR) is 152 cm³/mol. The van der Waals surface area contributed by atoms with Crippen molar-refractivity contribution in [1.82, 2.24) is 19.7 Å². The minimum absolute atomic E-state index is 0.353. The van der Waals surface area contributed by atoms with Gasteiger partial charge in [-0.15, -0.1) is 0 Å². The highest BCUT2D eigenvalue weighted by molar-refractivity contribution is 7.66. The molecule has 38 heavy (non-hydrogen) atoms. The number of carbonyl (C=O) groups excluding carboxylic acids is 1. The molecular weight excluding hydrogens is 540 g/mol. The third-order valence-electron chi connectivity index (χ3n) is 6.08. The highest BCUT2D eigenvalue weighted by Gasteiger charge is 2.41. The van der Waals surface area contributed by atoms with Crippen LogP contribution in [0.1, 0.15) is 45.6 Å². The van der Waals surface area contributed by atoms with Crippen molar-refractivity contribution >= 4 is 55.8 Å². The summed E-state index contributed by atoms with van der Waals surface area (Å²) in [5.41, 5.74) is 2.35. The molecule has 2 N–H and O–H groups in total. The second-order valence-electron chi connectivity index (χ2n) is 10.0. The lowest BCUT2D eigenvalue weighted by atomic mass is 9.72. The number of alkyl carbamates (subject to hydrolysis) is 1. The molecular formula is C27H27ClN6O2S2. The first-order valence-electron chi connectivity index (χ1n) is 12.2. The number of benzene rings is 2. The molecule has 1 saturated carbocycles. The number of hydrogen-bond donors (Lipinski definition) is 2. The Kier molecular flexibility index (Phi) is 7.47. The van der Waals surface area contributed by atoms with E-state index in [2.05, 4.69) is 25.0 Å². The van der Waals surface area contributed by atoms with Gasteiger partial charge in [0.15, 0.2) is 21.5 Å². The van der Waals surface area contributed by atoms with Crippen LogP contribution in [0.3, 0.4) is 0 Å². The van der Waals surface area contributed by atoms with Gasteiger partial charge in [-0.05, 0) is 68.1 Å². The molecule has 1 fully saturated rings. The number of nitrogens with zero attached hydrogens (tertiary/aromatic N) is 4. The number of ether oxygens (including phenoxy) is 1. The van der Waals surface area contributed by atoms with Gasteiger partial charge in [0.2, 0.25) is 0 Å². The number of aromatic nitrogens is 3. The molecule has 0 spiro atoms. The molecule has 11 heteroatoms. The van der Waals surface area contributed by atoms with Crippen LogP contribution in [-0.2, 0) is 10.3 Å². The largest absolute Gasteiger partial charge is 0.444 e. The molecule has 4 aromatic rings. The predicted octanol–water partition coefficient (Wildman–Crippen LogP) is 7.19. The topological polar surface area (TPSA) is 101 Å². The Balaban J connectivity index is 1.43. The lowest BCUT2D eigenvalue weighted by Crippen LogP contribution is -2.52. The lowest BCUT2D eigenvalue weighted by molar-refractivity contribution is 0.0377. The first kappa shape index (κ1) is 26.3. The number of anilines is 2. The van der Waals surface area contributed by atoms with Crippen LogP contribution in [0.25, 0.3) is 11.4 Å². The number of halogens is 1. The Bertz CT molecular complexity index is 1490. The Morgan fingerprint density at radius 3 is 2.45 bits per heavy atom. The smallest absolute Gasteiger partial charge is 0.408 e. The Labute approximate surface area is 233 Å². The van der Waals surface area contributed by atoms with Gasteiger partial charge >= 0.3 is 6.09 Å². The standard InChI is InChI=1S/C27H27ClN6O2S2/c1-26(2,3)36-25(35)33-27(14-7-15-27)18-10-12-19(13-11-18)30-23-20(31-24-21(28)34-38-37-24)16-29-22(32-23)17-8-5-4-6-9-17/h4-6,8-13,16H,7,14-15H2,1-3H3,(H,33,35)(H,29,30,32). The summed E-state index contributed by atoms with van der Waals surface area (Å²) in [5, 5.41) is 6.84. The van der Waals surface area contributed by atoms with Gasteiger partial charge in [0, 0.05) is 21.8 Å². The zero-order valence-electron chi connectivity index (χ0n) is 21.2. The van der Waals surface area contributed by atoms with Crippen molar-refractivity contribution < 1.29 is 9.53 Å². The Morgan fingerprint density at radius 2 is 1.84 bits per heavy atom. The maximum atomic E-state index is 12.5. The van der Waals surface area contributed by atoms with E-state index in [0.717, 1.165) is 36.1 Å². The summed E-state index contributed by atoms with van der Waals surface area (Å²) in [6.07, 6.45) is 4.06. The van der Waals surface area contributed by atoms with Crippen molar-refractivity contribution in [3.63, 3.8) is 0 Å². The Hall–Kier alpha value is -3.34. The van der Waals surface area contributed by atoms with Gasteiger partial charge in [-0.3, -0.25) is 0 Å². The number of nitrogens with one attached hydrogen (secondary N) is 2. The van der Waals surface area contributed by atoms with Crippen LogP contribution in [-0.4, -0.2) is 26.0 Å². The van der Waals surface area contributed by atoms with Crippen molar-refractivity contribution in [1.29, 1.82) is 0 Å². The molecule has 196 valence electrons. The molecule has 0 radical (unpaired) electrons. The molecule has 2 aromatic heterocycles. The van der Waals surface area contributed by atoms with Crippen LogP contribution >= 0.6 is 32.5 Å². The third kappa shape index (κ3) is 6.03. The van der Waals surface area contributed by atoms with Crippen LogP contribution in [0.4, 0.5) is 22.0 Å². The molecule has 5 rings (SSSR count).